The maximum absolute atomic E-state index is 13.2. The van der Waals surface area contributed by atoms with Gasteiger partial charge in [-0.15, -0.1) is 0 Å². The number of alkyl halides is 3. The summed E-state index contributed by atoms with van der Waals surface area (Å²) in [5, 5.41) is 5.69. The highest BCUT2D eigenvalue weighted by molar-refractivity contribution is 5.82. The molecule has 0 unspecified atom stereocenters. The first kappa shape index (κ1) is 19.3. The predicted molar refractivity (Wildman–Crippen MR) is 102 cm³/mol. The van der Waals surface area contributed by atoms with Crippen LogP contribution >= 0.6 is 0 Å². The van der Waals surface area contributed by atoms with Gasteiger partial charge >= 0.3 is 6.18 Å². The Morgan fingerprint density at radius 1 is 0.964 bits per heavy atom. The highest BCUT2D eigenvalue weighted by Gasteiger charge is 2.33. The highest BCUT2D eigenvalue weighted by atomic mass is 19.4. The Morgan fingerprint density at radius 2 is 1.61 bits per heavy atom. The zero-order valence-electron chi connectivity index (χ0n) is 15.1. The van der Waals surface area contributed by atoms with Gasteiger partial charge in [0.25, 0.3) is 0 Å². The minimum absolute atomic E-state index is 0.0563. The van der Waals surface area contributed by atoms with E-state index in [0.717, 1.165) is 11.6 Å². The molecule has 0 fully saturated rings. The SMILES string of the molecule is COc1ccc(C)cc1Nc1ncnc(Nc2ccccc2C(F)(F)F)c1N. The van der Waals surface area contributed by atoms with Crippen LogP contribution in [-0.4, -0.2) is 17.1 Å². The largest absolute Gasteiger partial charge is 0.495 e. The lowest BCUT2D eigenvalue weighted by Gasteiger charge is -2.17. The van der Waals surface area contributed by atoms with E-state index < -0.39 is 11.7 Å². The number of ether oxygens (including phenoxy) is 1. The molecule has 146 valence electrons. The van der Waals surface area contributed by atoms with Gasteiger partial charge in [-0.1, -0.05) is 18.2 Å². The zero-order valence-corrected chi connectivity index (χ0v) is 15.1. The lowest BCUT2D eigenvalue weighted by molar-refractivity contribution is -0.136. The molecule has 0 saturated heterocycles. The van der Waals surface area contributed by atoms with Crippen molar-refractivity contribution in [2.24, 2.45) is 0 Å². The van der Waals surface area contributed by atoms with Crippen LogP contribution in [0.25, 0.3) is 0 Å². The number of nitrogens with two attached hydrogens (primary N) is 1. The van der Waals surface area contributed by atoms with Crippen LogP contribution < -0.4 is 21.1 Å². The standard InChI is InChI=1S/C19H18F3N5O/c1-11-7-8-15(28-2)14(9-11)27-18-16(23)17(24-10-25-18)26-13-6-4-3-5-12(13)19(20,21)22/h3-10H,23H2,1-2H3,(H2,24,25,26,27). The number of halogens is 3. The van der Waals surface area contributed by atoms with Crippen LogP contribution in [0, 0.1) is 6.92 Å². The fourth-order valence-electron chi connectivity index (χ4n) is 2.61. The van der Waals surface area contributed by atoms with Gasteiger partial charge in [-0.25, -0.2) is 9.97 Å². The number of benzene rings is 2. The number of hydrogen-bond donors (Lipinski definition) is 3. The molecular weight excluding hydrogens is 371 g/mol. The molecule has 6 nitrogen and oxygen atoms in total. The van der Waals surface area contributed by atoms with Crippen molar-refractivity contribution in [2.75, 3.05) is 23.5 Å². The van der Waals surface area contributed by atoms with Crippen molar-refractivity contribution in [1.29, 1.82) is 0 Å². The first-order chi connectivity index (χ1) is 13.3. The number of methoxy groups -OCH3 is 1. The molecule has 1 heterocycles. The van der Waals surface area contributed by atoms with Gasteiger partial charge in [0.2, 0.25) is 0 Å². The third kappa shape index (κ3) is 4.08. The van der Waals surface area contributed by atoms with E-state index in [2.05, 4.69) is 20.6 Å². The normalized spacial score (nSPS) is 11.2. The number of hydrogen-bond acceptors (Lipinski definition) is 6. The molecule has 1 aromatic heterocycles. The second-order valence-corrected chi connectivity index (χ2v) is 5.98. The average molecular weight is 389 g/mol. The topological polar surface area (TPSA) is 85.1 Å². The van der Waals surface area contributed by atoms with E-state index in [1.807, 2.05) is 19.1 Å². The number of rotatable bonds is 5. The van der Waals surface area contributed by atoms with E-state index in [1.165, 1.54) is 31.6 Å². The minimum Gasteiger partial charge on any atom is -0.495 e. The van der Waals surface area contributed by atoms with Crippen LogP contribution in [0.2, 0.25) is 0 Å². The van der Waals surface area contributed by atoms with Crippen molar-refractivity contribution in [3.63, 3.8) is 0 Å². The summed E-state index contributed by atoms with van der Waals surface area (Å²) >= 11 is 0. The van der Waals surface area contributed by atoms with Crippen molar-refractivity contribution in [3.8, 4) is 5.75 Å². The van der Waals surface area contributed by atoms with Gasteiger partial charge in [0.1, 0.15) is 17.8 Å². The summed E-state index contributed by atoms with van der Waals surface area (Å²) < 4.78 is 44.9. The summed E-state index contributed by atoms with van der Waals surface area (Å²) in [7, 11) is 1.53. The van der Waals surface area contributed by atoms with E-state index in [1.54, 1.807) is 6.07 Å². The molecule has 0 aliphatic heterocycles. The lowest BCUT2D eigenvalue weighted by Crippen LogP contribution is -2.11. The first-order valence-corrected chi connectivity index (χ1v) is 8.25. The molecule has 0 radical (unpaired) electrons. The average Bonchev–Trinajstić information content (AvgIpc) is 2.65. The van der Waals surface area contributed by atoms with E-state index in [0.29, 0.717) is 11.4 Å². The summed E-state index contributed by atoms with van der Waals surface area (Å²) in [6.45, 7) is 1.91. The lowest BCUT2D eigenvalue weighted by atomic mass is 10.1. The molecule has 3 rings (SSSR count). The Balaban J connectivity index is 1.94. The summed E-state index contributed by atoms with van der Waals surface area (Å²) in [6, 6.07) is 10.6. The molecule has 0 atom stereocenters. The van der Waals surface area contributed by atoms with E-state index >= 15 is 0 Å². The fourth-order valence-corrected chi connectivity index (χ4v) is 2.61. The van der Waals surface area contributed by atoms with Crippen molar-refractivity contribution in [2.45, 2.75) is 13.1 Å². The second-order valence-electron chi connectivity index (χ2n) is 5.98. The zero-order chi connectivity index (χ0) is 20.3. The van der Waals surface area contributed by atoms with Crippen molar-refractivity contribution in [3.05, 3.63) is 59.9 Å². The van der Waals surface area contributed by atoms with Crippen molar-refractivity contribution >= 4 is 28.7 Å². The predicted octanol–water partition coefficient (Wildman–Crippen LogP) is 4.88. The van der Waals surface area contributed by atoms with Crippen LogP contribution in [0.3, 0.4) is 0 Å². The van der Waals surface area contributed by atoms with Crippen LogP contribution in [0.15, 0.2) is 48.8 Å². The molecule has 0 saturated carbocycles. The number of aryl methyl sites for hydroxylation is 1. The van der Waals surface area contributed by atoms with E-state index in [4.69, 9.17) is 10.5 Å². The van der Waals surface area contributed by atoms with Crippen molar-refractivity contribution in [1.82, 2.24) is 9.97 Å². The maximum Gasteiger partial charge on any atom is 0.418 e. The number of aromatic nitrogens is 2. The molecule has 28 heavy (non-hydrogen) atoms. The summed E-state index contributed by atoms with van der Waals surface area (Å²) in [6.07, 6.45) is -3.30. The molecule has 4 N–H and O–H groups in total. The Kier molecular flexibility index (Phi) is 5.25. The van der Waals surface area contributed by atoms with Gasteiger partial charge in [0, 0.05) is 0 Å². The molecule has 0 spiro atoms. The maximum atomic E-state index is 13.2. The minimum atomic E-state index is -4.51. The van der Waals surface area contributed by atoms with Gasteiger partial charge in [-0.2, -0.15) is 13.2 Å². The fraction of sp³-hybridized carbons (Fsp3) is 0.158. The van der Waals surface area contributed by atoms with E-state index in [-0.39, 0.29) is 23.0 Å². The van der Waals surface area contributed by atoms with Crippen LogP contribution in [0.5, 0.6) is 5.75 Å². The third-order valence-corrected chi connectivity index (χ3v) is 3.98. The van der Waals surface area contributed by atoms with Gasteiger partial charge in [-0.05, 0) is 36.8 Å². The molecular formula is C19H18F3N5O. The Labute approximate surface area is 159 Å². The summed E-state index contributed by atoms with van der Waals surface area (Å²) in [5.41, 5.74) is 6.80. The molecule has 3 aromatic rings. The van der Waals surface area contributed by atoms with Gasteiger partial charge < -0.3 is 21.1 Å². The monoisotopic (exact) mass is 389 g/mol. The highest BCUT2D eigenvalue weighted by Crippen LogP contribution is 2.37. The number of nitrogens with zero attached hydrogens (tertiary/aromatic N) is 2. The Hall–Kier alpha value is -3.49. The molecule has 2 aromatic carbocycles. The van der Waals surface area contributed by atoms with Gasteiger partial charge in [0.05, 0.1) is 24.0 Å². The number of nitrogen functional groups attached to an aromatic ring is 1. The quantitative estimate of drug-likeness (QED) is 0.577. The van der Waals surface area contributed by atoms with E-state index in [9.17, 15) is 13.2 Å². The molecule has 0 aliphatic rings. The smallest absolute Gasteiger partial charge is 0.418 e. The number of anilines is 5. The molecule has 0 bridgehead atoms. The van der Waals surface area contributed by atoms with Crippen molar-refractivity contribution < 1.29 is 17.9 Å². The molecule has 0 amide bonds. The van der Waals surface area contributed by atoms with Gasteiger partial charge in [-0.3, -0.25) is 0 Å². The summed E-state index contributed by atoms with van der Waals surface area (Å²) in [5.74, 6) is 0.868. The first-order valence-electron chi connectivity index (χ1n) is 8.25. The number of nitrogens with one attached hydrogen (secondary N) is 2. The second kappa shape index (κ2) is 7.63. The third-order valence-electron chi connectivity index (χ3n) is 3.98. The Morgan fingerprint density at radius 3 is 2.25 bits per heavy atom. The number of para-hydroxylation sites is 1. The molecule has 0 aliphatic carbocycles. The van der Waals surface area contributed by atoms with Crippen LogP contribution in [-0.2, 0) is 6.18 Å². The van der Waals surface area contributed by atoms with Crippen LogP contribution in [0.1, 0.15) is 11.1 Å². The Bertz CT molecular complexity index is 992. The van der Waals surface area contributed by atoms with Crippen LogP contribution in [0.4, 0.5) is 41.9 Å². The molecule has 9 heteroatoms. The summed E-state index contributed by atoms with van der Waals surface area (Å²) in [4.78, 5) is 8.06. The van der Waals surface area contributed by atoms with Gasteiger partial charge in [0.15, 0.2) is 11.6 Å².